The molecule has 156 valence electrons. The van der Waals surface area contributed by atoms with Crippen LogP contribution in [0.4, 0.5) is 11.4 Å². The summed E-state index contributed by atoms with van der Waals surface area (Å²) in [7, 11) is -9.74. The highest BCUT2D eigenvalue weighted by molar-refractivity contribution is 7.86. The van der Waals surface area contributed by atoms with E-state index in [4.69, 9.17) is 4.55 Å². The summed E-state index contributed by atoms with van der Waals surface area (Å²) in [4.78, 5) is 8.99. The van der Waals surface area contributed by atoms with Gasteiger partial charge in [0.15, 0.2) is 5.75 Å². The Morgan fingerprint density at radius 1 is 0.833 bits per heavy atom. The van der Waals surface area contributed by atoms with Gasteiger partial charge in [-0.05, 0) is 41.8 Å². The zero-order chi connectivity index (χ0) is 22.3. The van der Waals surface area contributed by atoms with Gasteiger partial charge in [0.1, 0.15) is 22.6 Å². The SMILES string of the molecule is O=Cc1ccc(N=Nc2c(S(=O)(=O)O)cc3cc(S(=O)(=O)O)cc(O)c3c2O)cc1. The second kappa shape index (κ2) is 7.46. The maximum atomic E-state index is 11.8. The number of rotatable bonds is 5. The van der Waals surface area contributed by atoms with Gasteiger partial charge in [0, 0.05) is 11.6 Å². The quantitative estimate of drug-likeness (QED) is 0.256. The molecule has 0 fully saturated rings. The molecule has 0 radical (unpaired) electrons. The molecule has 0 spiro atoms. The molecule has 0 atom stereocenters. The molecule has 4 N–H and O–H groups in total. The summed E-state index contributed by atoms with van der Waals surface area (Å²) in [5.74, 6) is -1.71. The average molecular weight is 452 g/mol. The lowest BCUT2D eigenvalue weighted by molar-refractivity contribution is 0.112. The van der Waals surface area contributed by atoms with Crippen molar-refractivity contribution in [3.05, 3.63) is 48.0 Å². The van der Waals surface area contributed by atoms with Crippen molar-refractivity contribution < 1.29 is 40.9 Å². The summed E-state index contributed by atoms with van der Waals surface area (Å²) in [5, 5.41) is 27.2. The monoisotopic (exact) mass is 452 g/mol. The number of hydrogen-bond acceptors (Lipinski definition) is 9. The summed E-state index contributed by atoms with van der Waals surface area (Å²) >= 11 is 0. The van der Waals surface area contributed by atoms with Crippen molar-refractivity contribution in [1.29, 1.82) is 0 Å². The maximum Gasteiger partial charge on any atom is 0.296 e. The molecular weight excluding hydrogens is 440 g/mol. The fourth-order valence-electron chi connectivity index (χ4n) is 2.61. The van der Waals surface area contributed by atoms with Gasteiger partial charge < -0.3 is 10.2 Å². The Morgan fingerprint density at radius 2 is 1.47 bits per heavy atom. The van der Waals surface area contributed by atoms with Crippen molar-refractivity contribution in [2.45, 2.75) is 9.79 Å². The van der Waals surface area contributed by atoms with E-state index in [2.05, 4.69) is 10.2 Å². The van der Waals surface area contributed by atoms with Crippen LogP contribution < -0.4 is 0 Å². The number of aromatic hydroxyl groups is 2. The number of phenols is 2. The molecule has 3 aromatic rings. The third-order valence-corrected chi connectivity index (χ3v) is 5.67. The first-order chi connectivity index (χ1) is 13.9. The predicted octanol–water partition coefficient (Wildman–Crippen LogP) is 2.97. The Bertz CT molecular complexity index is 1410. The Balaban J connectivity index is 2.29. The lowest BCUT2D eigenvalue weighted by atomic mass is 10.1. The second-order valence-corrected chi connectivity index (χ2v) is 8.78. The third-order valence-electron chi connectivity index (χ3n) is 3.97. The van der Waals surface area contributed by atoms with Crippen LogP contribution in [0.1, 0.15) is 10.4 Å². The zero-order valence-corrected chi connectivity index (χ0v) is 16.3. The van der Waals surface area contributed by atoms with Gasteiger partial charge in [0.2, 0.25) is 0 Å². The molecule has 0 aliphatic carbocycles. The fraction of sp³-hybridized carbons (Fsp3) is 0. The Morgan fingerprint density at radius 3 is 2.00 bits per heavy atom. The van der Waals surface area contributed by atoms with E-state index >= 15 is 0 Å². The highest BCUT2D eigenvalue weighted by atomic mass is 32.2. The molecule has 0 saturated carbocycles. The van der Waals surface area contributed by atoms with Crippen LogP contribution in [-0.4, -0.2) is 42.4 Å². The van der Waals surface area contributed by atoms with Crippen LogP contribution in [0.25, 0.3) is 10.8 Å². The van der Waals surface area contributed by atoms with Crippen LogP contribution in [0.2, 0.25) is 0 Å². The molecule has 0 aliphatic heterocycles. The van der Waals surface area contributed by atoms with Gasteiger partial charge in [-0.15, -0.1) is 5.11 Å². The number of azo groups is 1. The first kappa shape index (κ1) is 21.3. The molecule has 0 unspecified atom stereocenters. The van der Waals surface area contributed by atoms with Gasteiger partial charge in [0.25, 0.3) is 20.2 Å². The van der Waals surface area contributed by atoms with E-state index in [1.165, 1.54) is 24.3 Å². The van der Waals surface area contributed by atoms with Crippen molar-refractivity contribution in [3.8, 4) is 11.5 Å². The molecule has 0 aromatic heterocycles. The van der Waals surface area contributed by atoms with Crippen LogP contribution in [0.15, 0.2) is 62.5 Å². The maximum absolute atomic E-state index is 11.8. The molecular formula is C17H12N2O9S2. The van der Waals surface area contributed by atoms with Crippen molar-refractivity contribution in [2.75, 3.05) is 0 Å². The molecule has 3 aromatic carbocycles. The molecule has 0 aliphatic rings. The number of fused-ring (bicyclic) bond motifs is 1. The zero-order valence-electron chi connectivity index (χ0n) is 14.7. The first-order valence-corrected chi connectivity index (χ1v) is 10.7. The van der Waals surface area contributed by atoms with E-state index in [-0.39, 0.29) is 16.5 Å². The molecule has 11 nitrogen and oxygen atoms in total. The number of benzene rings is 3. The third kappa shape index (κ3) is 4.13. The van der Waals surface area contributed by atoms with Gasteiger partial charge >= 0.3 is 0 Å². The van der Waals surface area contributed by atoms with Crippen molar-refractivity contribution in [1.82, 2.24) is 0 Å². The highest BCUT2D eigenvalue weighted by Gasteiger charge is 2.25. The fourth-order valence-corrected chi connectivity index (χ4v) is 3.80. The standard InChI is InChI=1S/C17H12N2O9S2/c20-8-9-1-3-11(4-2-9)18-19-16-14(30(26,27)28)6-10-5-12(29(23,24)25)7-13(21)15(10)17(16)22/h1-8,21-22H,(H,23,24,25)(H,26,27,28). The minimum Gasteiger partial charge on any atom is -0.507 e. The summed E-state index contributed by atoms with van der Waals surface area (Å²) in [6, 6.07) is 7.77. The predicted molar refractivity (Wildman–Crippen MR) is 103 cm³/mol. The van der Waals surface area contributed by atoms with Gasteiger partial charge in [-0.3, -0.25) is 13.9 Å². The summed E-state index contributed by atoms with van der Waals surface area (Å²) in [5.41, 5.74) is -0.201. The van der Waals surface area contributed by atoms with Gasteiger partial charge in [0.05, 0.1) is 16.0 Å². The lowest BCUT2D eigenvalue weighted by Crippen LogP contribution is -2.01. The Labute approximate surface area is 169 Å². The summed E-state index contributed by atoms with van der Waals surface area (Å²) < 4.78 is 64.9. The first-order valence-electron chi connectivity index (χ1n) is 7.86. The van der Waals surface area contributed by atoms with Crippen molar-refractivity contribution >= 4 is 48.7 Å². The van der Waals surface area contributed by atoms with E-state index in [1.807, 2.05) is 0 Å². The largest absolute Gasteiger partial charge is 0.507 e. The molecule has 30 heavy (non-hydrogen) atoms. The van der Waals surface area contributed by atoms with E-state index in [9.17, 15) is 36.4 Å². The highest BCUT2D eigenvalue weighted by Crippen LogP contribution is 2.45. The topological polar surface area (TPSA) is 191 Å². The van der Waals surface area contributed by atoms with Crippen molar-refractivity contribution in [3.63, 3.8) is 0 Å². The van der Waals surface area contributed by atoms with Gasteiger partial charge in [-0.1, -0.05) is 0 Å². The minimum atomic E-state index is -4.98. The van der Waals surface area contributed by atoms with Gasteiger partial charge in [-0.2, -0.15) is 21.9 Å². The van der Waals surface area contributed by atoms with Crippen molar-refractivity contribution in [2.24, 2.45) is 10.2 Å². The van der Waals surface area contributed by atoms with E-state index < -0.39 is 47.2 Å². The Kier molecular flexibility index (Phi) is 5.30. The molecule has 0 amide bonds. The number of carbonyl (C=O) groups excluding carboxylic acids is 1. The van der Waals surface area contributed by atoms with Crippen LogP contribution in [0.5, 0.6) is 11.5 Å². The smallest absolute Gasteiger partial charge is 0.296 e. The number of aldehydes is 1. The number of hydrogen-bond donors (Lipinski definition) is 4. The number of nitrogens with zero attached hydrogens (tertiary/aromatic N) is 2. The molecule has 13 heteroatoms. The summed E-state index contributed by atoms with van der Waals surface area (Å²) in [6.07, 6.45) is 0.593. The van der Waals surface area contributed by atoms with Crippen LogP contribution >= 0.6 is 0 Å². The van der Waals surface area contributed by atoms with E-state index in [0.717, 1.165) is 12.1 Å². The number of carbonyl (C=O) groups is 1. The molecule has 0 heterocycles. The van der Waals surface area contributed by atoms with Crippen LogP contribution in [0.3, 0.4) is 0 Å². The van der Waals surface area contributed by atoms with Crippen LogP contribution in [-0.2, 0) is 20.2 Å². The molecule has 3 rings (SSSR count). The lowest BCUT2D eigenvalue weighted by Gasteiger charge is -2.11. The van der Waals surface area contributed by atoms with Gasteiger partial charge in [-0.25, -0.2) is 0 Å². The van der Waals surface area contributed by atoms with E-state index in [1.54, 1.807) is 0 Å². The Hall–Kier alpha value is -3.39. The van der Waals surface area contributed by atoms with Crippen LogP contribution in [0, 0.1) is 0 Å². The molecule has 0 bridgehead atoms. The van der Waals surface area contributed by atoms with E-state index in [0.29, 0.717) is 17.9 Å². The second-order valence-electron chi connectivity index (χ2n) is 5.97. The minimum absolute atomic E-state index is 0.173. The average Bonchev–Trinajstić information content (AvgIpc) is 2.65. The normalized spacial score (nSPS) is 12.5. The summed E-state index contributed by atoms with van der Waals surface area (Å²) in [6.45, 7) is 0. The number of phenolic OH excluding ortho intramolecular Hbond substituents is 2. The molecule has 0 saturated heterocycles.